The maximum atomic E-state index is 12.3. The Balaban J connectivity index is 1.42. The van der Waals surface area contributed by atoms with Crippen molar-refractivity contribution in [3.05, 3.63) is 60.3 Å². The molecule has 7 nitrogen and oxygen atoms in total. The number of rotatable bonds is 8. The van der Waals surface area contributed by atoms with Crippen LogP contribution >= 0.6 is 0 Å². The van der Waals surface area contributed by atoms with Crippen LogP contribution in [0.25, 0.3) is 0 Å². The minimum Gasteiger partial charge on any atom is -0.480 e. The van der Waals surface area contributed by atoms with Crippen LogP contribution in [0.1, 0.15) is 12.0 Å². The normalized spacial score (nSPS) is 15.8. The van der Waals surface area contributed by atoms with Gasteiger partial charge in [0.2, 0.25) is 5.91 Å². The molecule has 1 aromatic carbocycles. The summed E-state index contributed by atoms with van der Waals surface area (Å²) in [6, 6.07) is 14.3. The molecule has 1 aromatic heterocycles. The molecule has 0 spiro atoms. The van der Waals surface area contributed by atoms with Gasteiger partial charge in [-0.05, 0) is 17.7 Å². The number of carboxylic acid groups (broad SMARTS) is 1. The molecule has 2 aromatic rings. The second kappa shape index (κ2) is 9.85. The average Bonchev–Trinajstić information content (AvgIpc) is 2.73. The summed E-state index contributed by atoms with van der Waals surface area (Å²) in [5, 5.41) is 12.1. The highest BCUT2D eigenvalue weighted by Crippen LogP contribution is 2.12. The molecule has 2 N–H and O–H groups in total. The van der Waals surface area contributed by atoms with Crippen LogP contribution in [-0.4, -0.2) is 65.6 Å². The van der Waals surface area contributed by atoms with Gasteiger partial charge < -0.3 is 15.3 Å². The number of hydrogen-bond donors (Lipinski definition) is 2. The number of piperazine rings is 1. The van der Waals surface area contributed by atoms with E-state index >= 15 is 0 Å². The third-order valence-electron chi connectivity index (χ3n) is 4.92. The van der Waals surface area contributed by atoms with Gasteiger partial charge >= 0.3 is 5.97 Å². The molecule has 0 radical (unpaired) electrons. The van der Waals surface area contributed by atoms with Gasteiger partial charge in [-0.1, -0.05) is 36.4 Å². The zero-order valence-electron chi connectivity index (χ0n) is 15.8. The van der Waals surface area contributed by atoms with Crippen molar-refractivity contribution < 1.29 is 14.7 Å². The van der Waals surface area contributed by atoms with E-state index < -0.39 is 12.0 Å². The Labute approximate surface area is 165 Å². The van der Waals surface area contributed by atoms with Crippen LogP contribution in [-0.2, 0) is 16.0 Å². The van der Waals surface area contributed by atoms with E-state index in [0.29, 0.717) is 13.0 Å². The highest BCUT2D eigenvalue weighted by atomic mass is 16.4. The van der Waals surface area contributed by atoms with E-state index in [1.807, 2.05) is 48.5 Å². The van der Waals surface area contributed by atoms with Crippen LogP contribution in [0.4, 0.5) is 5.82 Å². The van der Waals surface area contributed by atoms with Gasteiger partial charge in [0.15, 0.2) is 0 Å². The molecule has 1 saturated heterocycles. The number of aliphatic carboxylic acids is 1. The molecule has 7 heteroatoms. The van der Waals surface area contributed by atoms with Crippen molar-refractivity contribution in [3.8, 4) is 0 Å². The van der Waals surface area contributed by atoms with E-state index in [2.05, 4.69) is 20.1 Å². The number of carbonyl (C=O) groups excluding carboxylic acids is 1. The molecule has 0 saturated carbocycles. The summed E-state index contributed by atoms with van der Waals surface area (Å²) >= 11 is 0. The zero-order valence-corrected chi connectivity index (χ0v) is 15.8. The lowest BCUT2D eigenvalue weighted by atomic mass is 10.1. The Hall–Kier alpha value is -2.93. The van der Waals surface area contributed by atoms with Crippen LogP contribution in [0.5, 0.6) is 0 Å². The molecule has 1 atom stereocenters. The van der Waals surface area contributed by atoms with Crippen LogP contribution in [0.2, 0.25) is 0 Å². The summed E-state index contributed by atoms with van der Waals surface area (Å²) < 4.78 is 0. The Bertz CT molecular complexity index is 762. The highest BCUT2D eigenvalue weighted by Gasteiger charge is 2.22. The second-order valence-corrected chi connectivity index (χ2v) is 6.91. The quantitative estimate of drug-likeness (QED) is 0.718. The van der Waals surface area contributed by atoms with E-state index in [9.17, 15) is 14.7 Å². The minimum atomic E-state index is -1.01. The number of pyridine rings is 1. The Morgan fingerprint density at radius 2 is 1.75 bits per heavy atom. The summed E-state index contributed by atoms with van der Waals surface area (Å²) in [5.41, 5.74) is 0.890. The van der Waals surface area contributed by atoms with Crippen molar-refractivity contribution in [3.63, 3.8) is 0 Å². The Morgan fingerprint density at radius 3 is 2.39 bits per heavy atom. The number of carbonyl (C=O) groups is 2. The first kappa shape index (κ1) is 19.8. The number of benzene rings is 1. The third-order valence-corrected chi connectivity index (χ3v) is 4.92. The zero-order chi connectivity index (χ0) is 19.8. The molecule has 3 rings (SSSR count). The molecule has 0 bridgehead atoms. The van der Waals surface area contributed by atoms with E-state index in [1.54, 1.807) is 6.20 Å². The molecule has 1 aliphatic rings. The minimum absolute atomic E-state index is 0.226. The topological polar surface area (TPSA) is 85.8 Å². The molecule has 1 fully saturated rings. The number of aromatic nitrogens is 1. The van der Waals surface area contributed by atoms with Gasteiger partial charge in [0, 0.05) is 51.8 Å². The van der Waals surface area contributed by atoms with Gasteiger partial charge in [-0.3, -0.25) is 9.69 Å². The largest absolute Gasteiger partial charge is 0.480 e. The van der Waals surface area contributed by atoms with Crippen molar-refractivity contribution in [2.75, 3.05) is 37.6 Å². The Morgan fingerprint density at radius 1 is 1.04 bits per heavy atom. The van der Waals surface area contributed by atoms with Crippen molar-refractivity contribution >= 4 is 17.7 Å². The molecule has 1 amide bonds. The standard InChI is InChI=1S/C21H26N4O3/c26-20(23-18(21(27)28)16-17-6-2-1-3-7-17)9-11-24-12-14-25(15-13-24)19-8-4-5-10-22-19/h1-8,10,18H,9,11-16H2,(H,23,26)(H,27,28)/t18-/m0/s1. The van der Waals surface area contributed by atoms with Crippen molar-refractivity contribution in [1.29, 1.82) is 0 Å². The summed E-state index contributed by atoms with van der Waals surface area (Å²) in [6.45, 7) is 4.07. The average molecular weight is 382 g/mol. The fourth-order valence-corrected chi connectivity index (χ4v) is 3.32. The molecule has 1 aliphatic heterocycles. The number of anilines is 1. The molecular formula is C21H26N4O3. The maximum Gasteiger partial charge on any atom is 0.326 e. The van der Waals surface area contributed by atoms with Crippen molar-refractivity contribution in [2.45, 2.75) is 18.9 Å². The summed E-state index contributed by atoms with van der Waals surface area (Å²) in [4.78, 5) is 32.6. The van der Waals surface area contributed by atoms with Crippen LogP contribution in [0.3, 0.4) is 0 Å². The van der Waals surface area contributed by atoms with Gasteiger partial charge in [-0.2, -0.15) is 0 Å². The SMILES string of the molecule is O=C(CCN1CCN(c2ccccn2)CC1)N[C@@H](Cc1ccccc1)C(=O)O. The van der Waals surface area contributed by atoms with Gasteiger partial charge in [-0.25, -0.2) is 9.78 Å². The first-order valence-electron chi connectivity index (χ1n) is 9.56. The second-order valence-electron chi connectivity index (χ2n) is 6.91. The van der Waals surface area contributed by atoms with Crippen LogP contribution in [0.15, 0.2) is 54.7 Å². The fourth-order valence-electron chi connectivity index (χ4n) is 3.32. The lowest BCUT2D eigenvalue weighted by molar-refractivity contribution is -0.141. The number of nitrogens with one attached hydrogen (secondary N) is 1. The van der Waals surface area contributed by atoms with Gasteiger partial charge in [-0.15, -0.1) is 0 Å². The fraction of sp³-hybridized carbons (Fsp3) is 0.381. The summed E-state index contributed by atoms with van der Waals surface area (Å²) in [6.07, 6.45) is 2.37. The summed E-state index contributed by atoms with van der Waals surface area (Å²) in [7, 11) is 0. The molecule has 28 heavy (non-hydrogen) atoms. The predicted molar refractivity (Wildman–Crippen MR) is 107 cm³/mol. The van der Waals surface area contributed by atoms with Gasteiger partial charge in [0.1, 0.15) is 11.9 Å². The van der Waals surface area contributed by atoms with Gasteiger partial charge in [0.25, 0.3) is 0 Å². The van der Waals surface area contributed by atoms with E-state index in [0.717, 1.165) is 37.6 Å². The van der Waals surface area contributed by atoms with E-state index in [1.165, 1.54) is 0 Å². The van der Waals surface area contributed by atoms with E-state index in [-0.39, 0.29) is 12.3 Å². The number of hydrogen-bond acceptors (Lipinski definition) is 5. The van der Waals surface area contributed by atoms with Crippen LogP contribution in [0, 0.1) is 0 Å². The van der Waals surface area contributed by atoms with Crippen molar-refractivity contribution in [1.82, 2.24) is 15.2 Å². The number of amides is 1. The van der Waals surface area contributed by atoms with Gasteiger partial charge in [0.05, 0.1) is 0 Å². The van der Waals surface area contributed by atoms with Crippen LogP contribution < -0.4 is 10.2 Å². The summed E-state index contributed by atoms with van der Waals surface area (Å²) in [5.74, 6) is -0.262. The van der Waals surface area contributed by atoms with Crippen molar-refractivity contribution in [2.24, 2.45) is 0 Å². The first-order valence-corrected chi connectivity index (χ1v) is 9.56. The lowest BCUT2D eigenvalue weighted by Crippen LogP contribution is -2.48. The number of carboxylic acids is 1. The molecule has 0 unspecified atom stereocenters. The Kier molecular flexibility index (Phi) is 6.97. The third kappa shape index (κ3) is 5.79. The predicted octanol–water partition coefficient (Wildman–Crippen LogP) is 1.41. The van der Waals surface area contributed by atoms with E-state index in [4.69, 9.17) is 0 Å². The number of nitrogens with zero attached hydrogens (tertiary/aromatic N) is 3. The monoisotopic (exact) mass is 382 g/mol. The first-order chi connectivity index (χ1) is 13.6. The lowest BCUT2D eigenvalue weighted by Gasteiger charge is -2.35. The molecule has 2 heterocycles. The molecule has 0 aliphatic carbocycles. The highest BCUT2D eigenvalue weighted by molar-refractivity contribution is 5.83. The molecule has 148 valence electrons. The molecular weight excluding hydrogens is 356 g/mol. The maximum absolute atomic E-state index is 12.3. The smallest absolute Gasteiger partial charge is 0.326 e.